The van der Waals surface area contributed by atoms with Gasteiger partial charge in [0.2, 0.25) is 0 Å². The lowest BCUT2D eigenvalue weighted by Crippen LogP contribution is -2.28. The van der Waals surface area contributed by atoms with Crippen molar-refractivity contribution in [3.05, 3.63) is 29.8 Å². The van der Waals surface area contributed by atoms with Gasteiger partial charge in [-0.15, -0.1) is 0 Å². The van der Waals surface area contributed by atoms with Crippen LogP contribution in [0.15, 0.2) is 24.3 Å². The van der Waals surface area contributed by atoms with E-state index in [0.29, 0.717) is 5.75 Å². The summed E-state index contributed by atoms with van der Waals surface area (Å²) in [7, 11) is 0. The molecule has 100 valence electrons. The highest BCUT2D eigenvalue weighted by Gasteiger charge is 2.19. The van der Waals surface area contributed by atoms with E-state index in [1.807, 2.05) is 18.2 Å². The maximum Gasteiger partial charge on any atom is 0.120 e. The third-order valence-electron chi connectivity index (χ3n) is 4.25. The van der Waals surface area contributed by atoms with Crippen LogP contribution in [-0.2, 0) is 0 Å². The average molecular weight is 247 g/mol. The van der Waals surface area contributed by atoms with Crippen molar-refractivity contribution < 1.29 is 5.11 Å². The monoisotopic (exact) mass is 247 g/mol. The van der Waals surface area contributed by atoms with Gasteiger partial charge in [0, 0.05) is 11.6 Å². The second kappa shape index (κ2) is 6.24. The van der Waals surface area contributed by atoms with E-state index in [4.69, 9.17) is 0 Å². The Hall–Kier alpha value is -1.02. The van der Waals surface area contributed by atoms with Gasteiger partial charge in [-0.25, -0.2) is 0 Å². The third kappa shape index (κ3) is 3.49. The maximum atomic E-state index is 9.81. The molecule has 0 radical (unpaired) electrons. The van der Waals surface area contributed by atoms with Crippen LogP contribution in [0, 0.1) is 11.8 Å². The quantitative estimate of drug-likeness (QED) is 0.846. The van der Waals surface area contributed by atoms with Crippen LogP contribution in [0.2, 0.25) is 0 Å². The minimum Gasteiger partial charge on any atom is -0.508 e. The van der Waals surface area contributed by atoms with Crippen molar-refractivity contribution in [1.82, 2.24) is 5.32 Å². The van der Waals surface area contributed by atoms with Gasteiger partial charge < -0.3 is 10.4 Å². The second-order valence-electron chi connectivity index (χ2n) is 5.81. The number of phenols is 1. The molecule has 0 aliphatic heterocycles. The van der Waals surface area contributed by atoms with Crippen LogP contribution in [0.4, 0.5) is 0 Å². The smallest absolute Gasteiger partial charge is 0.120 e. The molecule has 0 saturated heterocycles. The summed E-state index contributed by atoms with van der Waals surface area (Å²) in [4.78, 5) is 0. The minimum atomic E-state index is 0.227. The van der Waals surface area contributed by atoms with Gasteiger partial charge in [0.25, 0.3) is 0 Å². The number of para-hydroxylation sites is 1. The molecule has 1 aromatic carbocycles. The minimum absolute atomic E-state index is 0.227. The zero-order valence-electron chi connectivity index (χ0n) is 11.5. The predicted octanol–water partition coefficient (Wildman–Crippen LogP) is 3.87. The molecule has 2 rings (SSSR count). The second-order valence-corrected chi connectivity index (χ2v) is 5.81. The summed E-state index contributed by atoms with van der Waals surface area (Å²) in [5.74, 6) is 2.13. The summed E-state index contributed by atoms with van der Waals surface area (Å²) in [6.07, 6.45) is 5.44. The van der Waals surface area contributed by atoms with Crippen LogP contribution in [-0.4, -0.2) is 11.7 Å². The van der Waals surface area contributed by atoms with E-state index in [2.05, 4.69) is 19.2 Å². The van der Waals surface area contributed by atoms with Crippen molar-refractivity contribution in [3.63, 3.8) is 0 Å². The Morgan fingerprint density at radius 2 is 1.89 bits per heavy atom. The Morgan fingerprint density at radius 3 is 2.56 bits per heavy atom. The van der Waals surface area contributed by atoms with Gasteiger partial charge in [0.15, 0.2) is 0 Å². The Labute approximate surface area is 110 Å². The Balaban J connectivity index is 1.81. The van der Waals surface area contributed by atoms with Gasteiger partial charge in [0.05, 0.1) is 0 Å². The van der Waals surface area contributed by atoms with E-state index in [0.717, 1.165) is 23.9 Å². The fraction of sp³-hybridized carbons (Fsp3) is 0.625. The molecule has 0 bridgehead atoms. The summed E-state index contributed by atoms with van der Waals surface area (Å²) < 4.78 is 0. The normalized spacial score (nSPS) is 25.9. The van der Waals surface area contributed by atoms with Crippen molar-refractivity contribution in [2.75, 3.05) is 6.54 Å². The molecule has 0 amide bonds. The van der Waals surface area contributed by atoms with Crippen LogP contribution < -0.4 is 5.32 Å². The van der Waals surface area contributed by atoms with Gasteiger partial charge in [-0.3, -0.25) is 0 Å². The third-order valence-corrected chi connectivity index (χ3v) is 4.25. The molecule has 0 spiro atoms. The number of phenolic OH excluding ortho intramolecular Hbond substituents is 1. The molecule has 1 fully saturated rings. The topological polar surface area (TPSA) is 32.3 Å². The molecule has 1 aliphatic carbocycles. The fourth-order valence-electron chi connectivity index (χ4n) is 2.84. The molecule has 1 saturated carbocycles. The molecule has 2 N–H and O–H groups in total. The van der Waals surface area contributed by atoms with E-state index in [9.17, 15) is 5.11 Å². The summed E-state index contributed by atoms with van der Waals surface area (Å²) in [6.45, 7) is 5.55. The lowest BCUT2D eigenvalue weighted by Gasteiger charge is -2.27. The van der Waals surface area contributed by atoms with Gasteiger partial charge >= 0.3 is 0 Å². The number of hydrogen-bond donors (Lipinski definition) is 2. The van der Waals surface area contributed by atoms with E-state index < -0.39 is 0 Å². The SMILES string of the molecule is CC1CCC(CNC(C)c2ccccc2O)CC1. The summed E-state index contributed by atoms with van der Waals surface area (Å²) in [5, 5.41) is 13.4. The van der Waals surface area contributed by atoms with Crippen LogP contribution in [0.25, 0.3) is 0 Å². The number of benzene rings is 1. The van der Waals surface area contributed by atoms with Crippen molar-refractivity contribution in [2.45, 2.75) is 45.6 Å². The highest BCUT2D eigenvalue weighted by Crippen LogP contribution is 2.29. The summed E-state index contributed by atoms with van der Waals surface area (Å²) in [5.41, 5.74) is 1.00. The molecule has 18 heavy (non-hydrogen) atoms. The van der Waals surface area contributed by atoms with Crippen molar-refractivity contribution in [1.29, 1.82) is 0 Å². The first-order valence-electron chi connectivity index (χ1n) is 7.18. The summed E-state index contributed by atoms with van der Waals surface area (Å²) >= 11 is 0. The first-order valence-corrected chi connectivity index (χ1v) is 7.18. The van der Waals surface area contributed by atoms with Crippen LogP contribution >= 0.6 is 0 Å². The highest BCUT2D eigenvalue weighted by molar-refractivity contribution is 5.34. The fourth-order valence-corrected chi connectivity index (χ4v) is 2.84. The highest BCUT2D eigenvalue weighted by atomic mass is 16.3. The first kappa shape index (κ1) is 13.4. The largest absolute Gasteiger partial charge is 0.508 e. The lowest BCUT2D eigenvalue weighted by molar-refractivity contribution is 0.275. The summed E-state index contributed by atoms with van der Waals surface area (Å²) in [6, 6.07) is 7.83. The predicted molar refractivity (Wildman–Crippen MR) is 75.6 cm³/mol. The first-order chi connectivity index (χ1) is 8.66. The molecule has 0 aromatic heterocycles. The zero-order valence-corrected chi connectivity index (χ0v) is 11.5. The molecule has 0 heterocycles. The maximum absolute atomic E-state index is 9.81. The van der Waals surface area contributed by atoms with Crippen molar-refractivity contribution in [2.24, 2.45) is 11.8 Å². The van der Waals surface area contributed by atoms with Crippen LogP contribution in [0.5, 0.6) is 5.75 Å². The Morgan fingerprint density at radius 1 is 1.22 bits per heavy atom. The van der Waals surface area contributed by atoms with E-state index in [1.54, 1.807) is 6.07 Å². The Kier molecular flexibility index (Phi) is 4.65. The van der Waals surface area contributed by atoms with Crippen molar-refractivity contribution >= 4 is 0 Å². The molecule has 1 aliphatic rings. The lowest BCUT2D eigenvalue weighted by atomic mass is 9.83. The van der Waals surface area contributed by atoms with Gasteiger partial charge in [0.1, 0.15) is 5.75 Å². The molecule has 2 heteroatoms. The van der Waals surface area contributed by atoms with Crippen LogP contribution in [0.3, 0.4) is 0 Å². The Bertz CT molecular complexity index is 369. The van der Waals surface area contributed by atoms with Crippen LogP contribution in [0.1, 0.15) is 51.1 Å². The average Bonchev–Trinajstić information content (AvgIpc) is 2.38. The van der Waals surface area contributed by atoms with Crippen molar-refractivity contribution in [3.8, 4) is 5.75 Å². The number of aromatic hydroxyl groups is 1. The molecular weight excluding hydrogens is 222 g/mol. The van der Waals surface area contributed by atoms with E-state index in [-0.39, 0.29) is 6.04 Å². The number of nitrogens with one attached hydrogen (secondary N) is 1. The number of rotatable bonds is 4. The molecule has 1 aromatic rings. The number of hydrogen-bond acceptors (Lipinski definition) is 2. The van der Waals surface area contributed by atoms with E-state index >= 15 is 0 Å². The van der Waals surface area contributed by atoms with E-state index in [1.165, 1.54) is 25.7 Å². The molecule has 1 unspecified atom stereocenters. The van der Waals surface area contributed by atoms with Gasteiger partial charge in [-0.05, 0) is 44.2 Å². The molecular formula is C16H25NO. The zero-order chi connectivity index (χ0) is 13.0. The van der Waals surface area contributed by atoms with Gasteiger partial charge in [-0.1, -0.05) is 38.0 Å². The molecule has 1 atom stereocenters. The standard InChI is InChI=1S/C16H25NO/c1-12-7-9-14(10-8-12)11-17-13(2)15-5-3-4-6-16(15)18/h3-6,12-14,17-18H,7-11H2,1-2H3. The molecule has 2 nitrogen and oxygen atoms in total. The van der Waals surface area contributed by atoms with Gasteiger partial charge in [-0.2, -0.15) is 0 Å².